The van der Waals surface area contributed by atoms with Crippen LogP contribution in [0.2, 0.25) is 0 Å². The second-order valence-electron chi connectivity index (χ2n) is 6.18. The third kappa shape index (κ3) is 3.24. The van der Waals surface area contributed by atoms with Gasteiger partial charge in [-0.25, -0.2) is 4.79 Å². The van der Waals surface area contributed by atoms with Gasteiger partial charge in [0.2, 0.25) is 0 Å². The van der Waals surface area contributed by atoms with Crippen LogP contribution in [0.15, 0.2) is 0 Å². The summed E-state index contributed by atoms with van der Waals surface area (Å²) in [5.74, 6) is 0.147. The molecule has 1 atom stereocenters. The summed E-state index contributed by atoms with van der Waals surface area (Å²) < 4.78 is 5.38. The number of carbonyl (C=O) groups excluding carboxylic acids is 2. The lowest BCUT2D eigenvalue weighted by atomic mass is 9.91. The van der Waals surface area contributed by atoms with Crippen molar-refractivity contribution >= 4 is 11.9 Å². The van der Waals surface area contributed by atoms with Gasteiger partial charge in [0.25, 0.3) is 0 Å². The lowest BCUT2D eigenvalue weighted by Crippen LogP contribution is -2.52. The average Bonchev–Trinajstić information content (AvgIpc) is 2.59. The van der Waals surface area contributed by atoms with Crippen LogP contribution >= 0.6 is 0 Å². The van der Waals surface area contributed by atoms with E-state index >= 15 is 0 Å². The number of Topliss-reactive ketones (excluding diaryl/α,β-unsaturated/α-hetero) is 1. The number of ketones is 1. The Balaban J connectivity index is 2.81. The van der Waals surface area contributed by atoms with Crippen molar-refractivity contribution in [1.82, 2.24) is 4.90 Å². The van der Waals surface area contributed by atoms with E-state index in [0.717, 1.165) is 19.3 Å². The van der Waals surface area contributed by atoms with Crippen molar-refractivity contribution in [2.75, 3.05) is 6.54 Å². The van der Waals surface area contributed by atoms with E-state index < -0.39 is 11.1 Å². The van der Waals surface area contributed by atoms with Gasteiger partial charge in [-0.15, -0.1) is 0 Å². The number of hydrogen-bond donors (Lipinski definition) is 0. The van der Waals surface area contributed by atoms with Crippen LogP contribution < -0.4 is 0 Å². The van der Waals surface area contributed by atoms with Gasteiger partial charge < -0.3 is 4.74 Å². The van der Waals surface area contributed by atoms with Gasteiger partial charge >= 0.3 is 6.09 Å². The Bertz CT molecular complexity index is 332. The monoisotopic (exact) mass is 255 g/mol. The second-order valence-corrected chi connectivity index (χ2v) is 6.18. The molecule has 1 fully saturated rings. The zero-order valence-corrected chi connectivity index (χ0v) is 12.2. The van der Waals surface area contributed by atoms with Crippen LogP contribution in [0.1, 0.15) is 60.3 Å². The molecule has 4 nitrogen and oxygen atoms in total. The molecule has 0 aromatic carbocycles. The van der Waals surface area contributed by atoms with Crippen molar-refractivity contribution in [3.8, 4) is 0 Å². The van der Waals surface area contributed by atoms with Gasteiger partial charge in [0.05, 0.1) is 0 Å². The summed E-state index contributed by atoms with van der Waals surface area (Å²) in [5, 5.41) is 0. The highest BCUT2D eigenvalue weighted by molar-refractivity contribution is 5.91. The highest BCUT2D eigenvalue weighted by Gasteiger charge is 2.46. The quantitative estimate of drug-likeness (QED) is 0.778. The molecule has 4 heteroatoms. The van der Waals surface area contributed by atoms with Crippen molar-refractivity contribution in [1.29, 1.82) is 0 Å². The fourth-order valence-electron chi connectivity index (χ4n) is 2.36. The molecular weight excluding hydrogens is 230 g/mol. The van der Waals surface area contributed by atoms with Gasteiger partial charge in [0.1, 0.15) is 11.1 Å². The Morgan fingerprint density at radius 2 is 1.94 bits per heavy atom. The molecule has 0 bridgehead atoms. The zero-order chi connectivity index (χ0) is 14.0. The Morgan fingerprint density at radius 3 is 2.44 bits per heavy atom. The Kier molecular flexibility index (Phi) is 4.41. The molecule has 104 valence electrons. The highest BCUT2D eigenvalue weighted by Crippen LogP contribution is 2.32. The number of ether oxygens (including phenoxy) is 1. The van der Waals surface area contributed by atoms with E-state index in [-0.39, 0.29) is 11.9 Å². The van der Waals surface area contributed by atoms with Crippen LogP contribution in [0.4, 0.5) is 4.79 Å². The third-order valence-electron chi connectivity index (χ3n) is 3.33. The molecule has 1 aliphatic heterocycles. The normalized spacial score (nSPS) is 24.2. The van der Waals surface area contributed by atoms with Crippen LogP contribution in [-0.4, -0.2) is 34.5 Å². The van der Waals surface area contributed by atoms with E-state index in [0.29, 0.717) is 13.0 Å². The van der Waals surface area contributed by atoms with Crippen LogP contribution in [0.25, 0.3) is 0 Å². The van der Waals surface area contributed by atoms with Crippen molar-refractivity contribution < 1.29 is 14.3 Å². The minimum absolute atomic E-state index is 0.147. The van der Waals surface area contributed by atoms with E-state index in [4.69, 9.17) is 4.74 Å². The molecule has 0 aliphatic carbocycles. The van der Waals surface area contributed by atoms with Gasteiger partial charge in [-0.2, -0.15) is 0 Å². The SMILES string of the molecule is CCCC(=O)[C@@]1(C)CCCN1C(=O)OC(C)(C)C. The van der Waals surface area contributed by atoms with Gasteiger partial charge in [-0.1, -0.05) is 6.92 Å². The number of hydrogen-bond acceptors (Lipinski definition) is 3. The predicted molar refractivity (Wildman–Crippen MR) is 70.5 cm³/mol. The van der Waals surface area contributed by atoms with Gasteiger partial charge in [0, 0.05) is 13.0 Å². The second kappa shape index (κ2) is 5.29. The lowest BCUT2D eigenvalue weighted by molar-refractivity contribution is -0.128. The molecule has 0 unspecified atom stereocenters. The van der Waals surface area contributed by atoms with Gasteiger partial charge in [-0.05, 0) is 47.0 Å². The zero-order valence-electron chi connectivity index (χ0n) is 12.2. The number of amides is 1. The van der Waals surface area contributed by atoms with E-state index in [9.17, 15) is 9.59 Å². The fraction of sp³-hybridized carbons (Fsp3) is 0.857. The maximum Gasteiger partial charge on any atom is 0.411 e. The Hall–Kier alpha value is -1.06. The Labute approximate surface area is 110 Å². The topological polar surface area (TPSA) is 46.6 Å². The first-order valence-corrected chi connectivity index (χ1v) is 6.74. The minimum atomic E-state index is -0.668. The molecule has 0 aromatic heterocycles. The van der Waals surface area contributed by atoms with Crippen molar-refractivity contribution in [2.45, 2.75) is 71.4 Å². The Morgan fingerprint density at radius 1 is 1.33 bits per heavy atom. The number of likely N-dealkylation sites (tertiary alicyclic amines) is 1. The molecule has 18 heavy (non-hydrogen) atoms. The van der Waals surface area contributed by atoms with Crippen LogP contribution in [0, 0.1) is 0 Å². The van der Waals surface area contributed by atoms with E-state index in [2.05, 4.69) is 0 Å². The lowest BCUT2D eigenvalue weighted by Gasteiger charge is -2.35. The molecule has 0 aromatic rings. The van der Waals surface area contributed by atoms with Crippen LogP contribution in [0.3, 0.4) is 0 Å². The maximum absolute atomic E-state index is 12.2. The fourth-order valence-corrected chi connectivity index (χ4v) is 2.36. The average molecular weight is 255 g/mol. The van der Waals surface area contributed by atoms with Crippen molar-refractivity contribution in [2.24, 2.45) is 0 Å². The van der Waals surface area contributed by atoms with E-state index in [1.54, 1.807) is 4.90 Å². The molecule has 1 saturated heterocycles. The summed E-state index contributed by atoms with van der Waals surface area (Å²) in [6.45, 7) is 9.97. The van der Waals surface area contributed by atoms with Crippen LogP contribution in [0.5, 0.6) is 0 Å². The minimum Gasteiger partial charge on any atom is -0.444 e. The van der Waals surface area contributed by atoms with Crippen molar-refractivity contribution in [3.63, 3.8) is 0 Å². The molecule has 0 spiro atoms. The molecule has 1 aliphatic rings. The summed E-state index contributed by atoms with van der Waals surface area (Å²) in [5.41, 5.74) is -1.19. The number of carbonyl (C=O) groups is 2. The van der Waals surface area contributed by atoms with E-state index in [1.165, 1.54) is 0 Å². The summed E-state index contributed by atoms with van der Waals surface area (Å²) >= 11 is 0. The van der Waals surface area contributed by atoms with Gasteiger partial charge in [0.15, 0.2) is 5.78 Å². The molecule has 1 amide bonds. The molecular formula is C14H25NO3. The maximum atomic E-state index is 12.2. The first-order valence-electron chi connectivity index (χ1n) is 6.74. The number of nitrogens with zero attached hydrogens (tertiary/aromatic N) is 1. The molecule has 1 rings (SSSR count). The molecule has 0 saturated carbocycles. The largest absolute Gasteiger partial charge is 0.444 e. The molecule has 0 radical (unpaired) electrons. The standard InChI is InChI=1S/C14H25NO3/c1-6-8-11(16)14(5)9-7-10-15(14)12(17)18-13(2,3)4/h6-10H2,1-5H3/t14-/m1/s1. The molecule has 1 heterocycles. The summed E-state index contributed by atoms with van der Waals surface area (Å²) in [4.78, 5) is 25.9. The first-order chi connectivity index (χ1) is 8.20. The molecule has 0 N–H and O–H groups in total. The summed E-state index contributed by atoms with van der Waals surface area (Å²) in [6, 6.07) is 0. The smallest absolute Gasteiger partial charge is 0.411 e. The highest BCUT2D eigenvalue weighted by atomic mass is 16.6. The summed E-state index contributed by atoms with van der Waals surface area (Å²) in [7, 11) is 0. The van der Waals surface area contributed by atoms with E-state index in [1.807, 2.05) is 34.6 Å². The van der Waals surface area contributed by atoms with Crippen molar-refractivity contribution in [3.05, 3.63) is 0 Å². The van der Waals surface area contributed by atoms with Gasteiger partial charge in [-0.3, -0.25) is 9.69 Å². The summed E-state index contributed by atoms with van der Waals surface area (Å²) in [6.07, 6.45) is 2.58. The third-order valence-corrected chi connectivity index (χ3v) is 3.33. The predicted octanol–water partition coefficient (Wildman–Crippen LogP) is 3.15. The van der Waals surface area contributed by atoms with Crippen LogP contribution in [-0.2, 0) is 9.53 Å². The number of rotatable bonds is 3. The first kappa shape index (κ1) is 15.0.